The van der Waals surface area contributed by atoms with Crippen molar-refractivity contribution < 1.29 is 14.4 Å². The molecule has 22 heavy (non-hydrogen) atoms. The van der Waals surface area contributed by atoms with E-state index in [1.807, 2.05) is 37.3 Å². The van der Waals surface area contributed by atoms with Gasteiger partial charge in [0.15, 0.2) is 5.78 Å². The maximum Gasteiger partial charge on any atom is 0.315 e. The van der Waals surface area contributed by atoms with Crippen LogP contribution in [0.4, 0.5) is 4.79 Å². The Morgan fingerprint density at radius 3 is 2.18 bits per heavy atom. The first-order valence-corrected chi connectivity index (χ1v) is 7.55. The number of rotatable bonds is 8. The van der Waals surface area contributed by atoms with Crippen molar-refractivity contribution in [3.63, 3.8) is 0 Å². The van der Waals surface area contributed by atoms with Gasteiger partial charge in [-0.15, -0.1) is 0 Å². The quantitative estimate of drug-likeness (QED) is 0.775. The third kappa shape index (κ3) is 6.08. The Morgan fingerprint density at radius 1 is 1.05 bits per heavy atom. The Kier molecular flexibility index (Phi) is 7.29. The minimum absolute atomic E-state index is 0.00387. The van der Waals surface area contributed by atoms with E-state index in [2.05, 4.69) is 10.6 Å². The lowest BCUT2D eigenvalue weighted by Crippen LogP contribution is -2.46. The van der Waals surface area contributed by atoms with Crippen LogP contribution in [0, 0.1) is 0 Å². The van der Waals surface area contributed by atoms with E-state index < -0.39 is 6.04 Å². The normalized spacial score (nSPS) is 13.0. The molecule has 2 atom stereocenters. The van der Waals surface area contributed by atoms with Gasteiger partial charge in [0.25, 0.3) is 0 Å². The van der Waals surface area contributed by atoms with Gasteiger partial charge in [-0.2, -0.15) is 0 Å². The Morgan fingerprint density at radius 2 is 1.68 bits per heavy atom. The van der Waals surface area contributed by atoms with E-state index in [1.54, 1.807) is 0 Å². The molecule has 120 valence electrons. The first-order chi connectivity index (χ1) is 10.4. The number of hydrogen-bond donors (Lipinski definition) is 2. The maximum absolute atomic E-state index is 12.1. The summed E-state index contributed by atoms with van der Waals surface area (Å²) in [7, 11) is 0. The molecule has 2 unspecified atom stereocenters. The third-order valence-corrected chi connectivity index (χ3v) is 3.50. The molecule has 0 heterocycles. The van der Waals surface area contributed by atoms with Crippen LogP contribution in [0.1, 0.15) is 51.6 Å². The van der Waals surface area contributed by atoms with Crippen molar-refractivity contribution in [1.29, 1.82) is 0 Å². The van der Waals surface area contributed by atoms with E-state index in [0.29, 0.717) is 6.42 Å². The van der Waals surface area contributed by atoms with Crippen molar-refractivity contribution in [2.24, 2.45) is 0 Å². The minimum atomic E-state index is -0.628. The van der Waals surface area contributed by atoms with Crippen LogP contribution in [0.2, 0.25) is 0 Å². The lowest BCUT2D eigenvalue weighted by atomic mass is 10.0. The Labute approximate surface area is 131 Å². The average Bonchev–Trinajstić information content (AvgIpc) is 2.49. The first-order valence-electron chi connectivity index (χ1n) is 7.55. The molecule has 0 fully saturated rings. The van der Waals surface area contributed by atoms with E-state index in [9.17, 15) is 14.4 Å². The van der Waals surface area contributed by atoms with Gasteiger partial charge in [-0.05, 0) is 32.3 Å². The van der Waals surface area contributed by atoms with Crippen molar-refractivity contribution >= 4 is 17.6 Å². The highest BCUT2D eigenvalue weighted by Crippen LogP contribution is 2.15. The van der Waals surface area contributed by atoms with Crippen molar-refractivity contribution in [2.45, 2.75) is 52.1 Å². The number of ketones is 2. The molecule has 0 saturated carbocycles. The number of urea groups is 1. The second-order valence-electron chi connectivity index (χ2n) is 5.39. The van der Waals surface area contributed by atoms with E-state index in [4.69, 9.17) is 0 Å². The SMILES string of the molecule is CCC(NC(=O)NC(CCC(C)=O)C(C)=O)c1ccccc1. The Bertz CT molecular complexity index is 514. The molecule has 5 nitrogen and oxygen atoms in total. The molecule has 1 aromatic rings. The van der Waals surface area contributed by atoms with Gasteiger partial charge < -0.3 is 15.4 Å². The molecule has 1 aromatic carbocycles. The molecular formula is C17H24N2O3. The largest absolute Gasteiger partial charge is 0.331 e. The van der Waals surface area contributed by atoms with Gasteiger partial charge in [-0.25, -0.2) is 4.79 Å². The van der Waals surface area contributed by atoms with Crippen LogP contribution < -0.4 is 10.6 Å². The second kappa shape index (κ2) is 8.97. The molecule has 1 rings (SSSR count). The van der Waals surface area contributed by atoms with Crippen molar-refractivity contribution in [1.82, 2.24) is 10.6 Å². The summed E-state index contributed by atoms with van der Waals surface area (Å²) in [6.07, 6.45) is 1.36. The van der Waals surface area contributed by atoms with Crippen molar-refractivity contribution in [2.75, 3.05) is 0 Å². The number of carbonyl (C=O) groups excluding carboxylic acids is 3. The maximum atomic E-state index is 12.1. The van der Waals surface area contributed by atoms with E-state index in [1.165, 1.54) is 13.8 Å². The summed E-state index contributed by atoms with van der Waals surface area (Å²) in [5.74, 6) is -0.145. The molecule has 0 aliphatic carbocycles. The van der Waals surface area contributed by atoms with Gasteiger partial charge in [-0.1, -0.05) is 37.3 Å². The van der Waals surface area contributed by atoms with Crippen LogP contribution in [0.3, 0.4) is 0 Å². The topological polar surface area (TPSA) is 75.3 Å². The van der Waals surface area contributed by atoms with E-state index in [0.717, 1.165) is 12.0 Å². The van der Waals surface area contributed by atoms with Crippen LogP contribution in [0.15, 0.2) is 30.3 Å². The zero-order valence-corrected chi connectivity index (χ0v) is 13.4. The highest BCUT2D eigenvalue weighted by molar-refractivity contribution is 5.87. The van der Waals surface area contributed by atoms with Gasteiger partial charge >= 0.3 is 6.03 Å². The molecule has 0 aliphatic rings. The van der Waals surface area contributed by atoms with Crippen LogP contribution >= 0.6 is 0 Å². The van der Waals surface area contributed by atoms with Crippen LogP contribution in [0.5, 0.6) is 0 Å². The number of benzene rings is 1. The monoisotopic (exact) mass is 304 g/mol. The zero-order chi connectivity index (χ0) is 16.5. The number of amides is 2. The molecule has 0 saturated heterocycles. The number of hydrogen-bond acceptors (Lipinski definition) is 3. The molecule has 2 N–H and O–H groups in total. The van der Waals surface area contributed by atoms with Crippen LogP contribution in [-0.2, 0) is 9.59 Å². The molecule has 0 radical (unpaired) electrons. The van der Waals surface area contributed by atoms with Crippen molar-refractivity contribution in [3.05, 3.63) is 35.9 Å². The average molecular weight is 304 g/mol. The fourth-order valence-electron chi connectivity index (χ4n) is 2.19. The van der Waals surface area contributed by atoms with Gasteiger partial charge in [-0.3, -0.25) is 4.79 Å². The summed E-state index contributed by atoms with van der Waals surface area (Å²) < 4.78 is 0. The molecular weight excluding hydrogens is 280 g/mol. The summed E-state index contributed by atoms with van der Waals surface area (Å²) in [5.41, 5.74) is 1.02. The van der Waals surface area contributed by atoms with E-state index >= 15 is 0 Å². The highest BCUT2D eigenvalue weighted by atomic mass is 16.2. The third-order valence-electron chi connectivity index (χ3n) is 3.50. The Hall–Kier alpha value is -2.17. The minimum Gasteiger partial charge on any atom is -0.331 e. The summed E-state index contributed by atoms with van der Waals surface area (Å²) >= 11 is 0. The van der Waals surface area contributed by atoms with Gasteiger partial charge in [0.1, 0.15) is 5.78 Å². The number of nitrogens with one attached hydrogen (secondary N) is 2. The van der Waals surface area contributed by atoms with Crippen molar-refractivity contribution in [3.8, 4) is 0 Å². The second-order valence-corrected chi connectivity index (χ2v) is 5.39. The fraction of sp³-hybridized carbons (Fsp3) is 0.471. The lowest BCUT2D eigenvalue weighted by molar-refractivity contribution is -0.119. The molecule has 0 aliphatic heterocycles. The van der Waals surface area contributed by atoms with Gasteiger partial charge in [0, 0.05) is 6.42 Å². The Balaban J connectivity index is 2.62. The van der Waals surface area contributed by atoms with Crippen LogP contribution in [0.25, 0.3) is 0 Å². The first kappa shape index (κ1) is 17.9. The van der Waals surface area contributed by atoms with E-state index in [-0.39, 0.29) is 30.1 Å². The summed E-state index contributed by atoms with van der Waals surface area (Å²) in [5, 5.41) is 5.52. The summed E-state index contributed by atoms with van der Waals surface area (Å²) in [6.45, 7) is 4.87. The van der Waals surface area contributed by atoms with Crippen LogP contribution in [-0.4, -0.2) is 23.6 Å². The predicted molar refractivity (Wildman–Crippen MR) is 85.5 cm³/mol. The summed E-state index contributed by atoms with van der Waals surface area (Å²) in [4.78, 5) is 34.7. The lowest BCUT2D eigenvalue weighted by Gasteiger charge is -2.21. The van der Waals surface area contributed by atoms with Gasteiger partial charge in [0.2, 0.25) is 0 Å². The summed E-state index contributed by atoms with van der Waals surface area (Å²) in [6, 6.07) is 8.53. The fourth-order valence-corrected chi connectivity index (χ4v) is 2.19. The highest BCUT2D eigenvalue weighted by Gasteiger charge is 2.19. The molecule has 0 aromatic heterocycles. The smallest absolute Gasteiger partial charge is 0.315 e. The number of carbonyl (C=O) groups is 3. The molecule has 2 amide bonds. The predicted octanol–water partition coefficient (Wildman–Crippen LogP) is 2.76. The molecule has 0 bridgehead atoms. The van der Waals surface area contributed by atoms with Gasteiger partial charge in [0.05, 0.1) is 12.1 Å². The molecule has 5 heteroatoms. The zero-order valence-electron chi connectivity index (χ0n) is 13.4. The number of Topliss-reactive ketones (excluding diaryl/α,β-unsaturated/α-hetero) is 2. The standard InChI is InChI=1S/C17H24N2O3/c1-4-15(14-8-6-5-7-9-14)18-17(22)19-16(13(3)21)11-10-12(2)20/h5-9,15-16H,4,10-11H2,1-3H3,(H2,18,19,22). The molecule has 0 spiro atoms.